The Balaban J connectivity index is 2.77. The summed E-state index contributed by atoms with van der Waals surface area (Å²) in [4.78, 5) is 15.6. The van der Waals surface area contributed by atoms with Gasteiger partial charge in [-0.25, -0.2) is 0 Å². The summed E-state index contributed by atoms with van der Waals surface area (Å²) in [5, 5.41) is 16.4. The molecule has 1 heterocycles. The average Bonchev–Trinajstić information content (AvgIpc) is 2.74. The zero-order valence-corrected chi connectivity index (χ0v) is 13.4. The monoisotopic (exact) mass is 283 g/mol. The van der Waals surface area contributed by atoms with Crippen LogP contribution >= 0.6 is 0 Å². The van der Waals surface area contributed by atoms with Crippen LogP contribution < -0.4 is 5.32 Å². The summed E-state index contributed by atoms with van der Waals surface area (Å²) in [6.07, 6.45) is 0. The normalized spacial score (nSPS) is 13.6. The first kappa shape index (κ1) is 16.6. The van der Waals surface area contributed by atoms with E-state index in [1.165, 1.54) is 0 Å². The Morgan fingerprint density at radius 3 is 2.15 bits per heavy atom. The van der Waals surface area contributed by atoms with E-state index in [1.54, 1.807) is 13.8 Å². The molecule has 6 nitrogen and oxygen atoms in total. The van der Waals surface area contributed by atoms with Crippen molar-refractivity contribution in [2.45, 2.75) is 66.0 Å². The second-order valence-electron chi connectivity index (χ2n) is 7.17. The van der Waals surface area contributed by atoms with Gasteiger partial charge in [0.25, 0.3) is 0 Å². The predicted molar refractivity (Wildman–Crippen MR) is 75.3 cm³/mol. The van der Waals surface area contributed by atoms with Gasteiger partial charge in [0, 0.05) is 11.0 Å². The number of nitrogens with zero attached hydrogens (tertiary/aromatic N) is 2. The molecular formula is C14H25N3O3. The molecule has 0 atom stereocenters. The number of aliphatic carboxylic acids is 1. The third-order valence-corrected chi connectivity index (χ3v) is 3.92. The molecule has 0 aliphatic carbocycles. The molecule has 0 fully saturated rings. The van der Waals surface area contributed by atoms with Crippen molar-refractivity contribution in [2.75, 3.05) is 0 Å². The highest BCUT2D eigenvalue weighted by atomic mass is 16.5. The minimum atomic E-state index is -0.917. The Kier molecular flexibility index (Phi) is 4.29. The molecule has 0 bridgehead atoms. The number of carboxylic acids is 1. The van der Waals surface area contributed by atoms with E-state index in [2.05, 4.69) is 15.5 Å². The summed E-state index contributed by atoms with van der Waals surface area (Å²) in [5.41, 5.74) is -1.70. The fourth-order valence-electron chi connectivity index (χ4n) is 1.42. The minimum Gasteiger partial charge on any atom is -0.481 e. The van der Waals surface area contributed by atoms with E-state index in [9.17, 15) is 9.90 Å². The van der Waals surface area contributed by atoms with Crippen LogP contribution in [0.1, 0.15) is 60.2 Å². The Morgan fingerprint density at radius 1 is 1.20 bits per heavy atom. The molecule has 20 heavy (non-hydrogen) atoms. The highest BCUT2D eigenvalue weighted by Crippen LogP contribution is 2.31. The van der Waals surface area contributed by atoms with Gasteiger partial charge in [0.05, 0.1) is 12.0 Å². The van der Waals surface area contributed by atoms with Crippen molar-refractivity contribution in [3.05, 3.63) is 11.7 Å². The Hall–Kier alpha value is -1.43. The van der Waals surface area contributed by atoms with Crippen LogP contribution in [0.3, 0.4) is 0 Å². The molecule has 0 saturated carbocycles. The van der Waals surface area contributed by atoms with E-state index in [1.807, 2.05) is 34.6 Å². The first-order chi connectivity index (χ1) is 8.88. The predicted octanol–water partition coefficient (Wildman–Crippen LogP) is 2.35. The number of carbonyl (C=O) groups is 1. The lowest BCUT2D eigenvalue weighted by Crippen LogP contribution is -2.54. The molecule has 0 unspecified atom stereocenters. The minimum absolute atomic E-state index is 0.169. The van der Waals surface area contributed by atoms with Gasteiger partial charge >= 0.3 is 5.97 Å². The smallest absolute Gasteiger partial charge is 0.310 e. The molecule has 6 heteroatoms. The number of nitrogens with one attached hydrogen (secondary N) is 1. The topological polar surface area (TPSA) is 88.2 Å². The molecule has 0 radical (unpaired) electrons. The molecule has 0 aliphatic heterocycles. The standard InChI is InChI=1S/C14H25N3O3/c1-12(2,3)10-16-9(20-17-10)8-15-14(6,7)13(4,5)11(18)19/h15H,8H2,1-7H3,(H,18,19). The van der Waals surface area contributed by atoms with Crippen molar-refractivity contribution < 1.29 is 14.4 Å². The van der Waals surface area contributed by atoms with Gasteiger partial charge in [-0.1, -0.05) is 25.9 Å². The molecular weight excluding hydrogens is 258 g/mol. The molecule has 1 aromatic heterocycles. The van der Waals surface area contributed by atoms with Crippen molar-refractivity contribution in [1.29, 1.82) is 0 Å². The van der Waals surface area contributed by atoms with Crippen molar-refractivity contribution in [3.63, 3.8) is 0 Å². The molecule has 1 rings (SSSR count). The second-order valence-corrected chi connectivity index (χ2v) is 7.17. The fourth-order valence-corrected chi connectivity index (χ4v) is 1.42. The molecule has 1 aromatic rings. The second kappa shape index (κ2) is 5.16. The van der Waals surface area contributed by atoms with E-state index < -0.39 is 16.9 Å². The third kappa shape index (κ3) is 3.36. The quantitative estimate of drug-likeness (QED) is 0.862. The maximum Gasteiger partial charge on any atom is 0.310 e. The maximum absolute atomic E-state index is 11.3. The van der Waals surface area contributed by atoms with Gasteiger partial charge in [-0.3, -0.25) is 4.79 Å². The van der Waals surface area contributed by atoms with E-state index in [-0.39, 0.29) is 5.41 Å². The van der Waals surface area contributed by atoms with Crippen LogP contribution in [0.4, 0.5) is 0 Å². The zero-order valence-electron chi connectivity index (χ0n) is 13.4. The SMILES string of the molecule is CC(C)(C)c1noc(CNC(C)(C)C(C)(C)C(=O)O)n1. The maximum atomic E-state index is 11.3. The fraction of sp³-hybridized carbons (Fsp3) is 0.786. The third-order valence-electron chi connectivity index (χ3n) is 3.92. The van der Waals surface area contributed by atoms with Gasteiger partial charge in [0.1, 0.15) is 0 Å². The Morgan fingerprint density at radius 2 is 1.75 bits per heavy atom. The summed E-state index contributed by atoms with van der Waals surface area (Å²) in [5.74, 6) is 0.254. The van der Waals surface area contributed by atoms with E-state index >= 15 is 0 Å². The number of carboxylic acid groups (broad SMARTS) is 1. The highest BCUT2D eigenvalue weighted by molar-refractivity contribution is 5.75. The van der Waals surface area contributed by atoms with Crippen LogP contribution in [0.15, 0.2) is 4.52 Å². The van der Waals surface area contributed by atoms with Crippen molar-refractivity contribution in [3.8, 4) is 0 Å². The van der Waals surface area contributed by atoms with Gasteiger partial charge in [-0.15, -0.1) is 0 Å². The Labute approximate surface area is 120 Å². The molecule has 0 saturated heterocycles. The van der Waals surface area contributed by atoms with Crippen LogP contribution in [0, 0.1) is 5.41 Å². The molecule has 114 valence electrons. The largest absolute Gasteiger partial charge is 0.481 e. The number of hydrogen-bond donors (Lipinski definition) is 2. The molecule has 2 N–H and O–H groups in total. The van der Waals surface area contributed by atoms with Gasteiger partial charge in [-0.05, 0) is 27.7 Å². The first-order valence-electron chi connectivity index (χ1n) is 6.69. The summed E-state index contributed by atoms with van der Waals surface area (Å²) in [6.45, 7) is 13.4. The van der Waals surface area contributed by atoms with Gasteiger partial charge in [0.15, 0.2) is 5.82 Å². The Bertz CT molecular complexity index is 484. The van der Waals surface area contributed by atoms with Crippen molar-refractivity contribution >= 4 is 5.97 Å². The van der Waals surface area contributed by atoms with Crippen LogP contribution in [0.5, 0.6) is 0 Å². The lowest BCUT2D eigenvalue weighted by molar-refractivity contribution is -0.151. The van der Waals surface area contributed by atoms with Crippen molar-refractivity contribution in [1.82, 2.24) is 15.5 Å². The first-order valence-corrected chi connectivity index (χ1v) is 6.69. The van der Waals surface area contributed by atoms with Crippen LogP contribution in [-0.4, -0.2) is 26.8 Å². The van der Waals surface area contributed by atoms with E-state index in [0.29, 0.717) is 18.3 Å². The van der Waals surface area contributed by atoms with Gasteiger partial charge in [-0.2, -0.15) is 4.98 Å². The summed E-state index contributed by atoms with van der Waals surface area (Å²) in [6, 6.07) is 0. The number of aromatic nitrogens is 2. The number of rotatable bonds is 5. The summed E-state index contributed by atoms with van der Waals surface area (Å²) in [7, 11) is 0. The van der Waals surface area contributed by atoms with Crippen LogP contribution in [0.25, 0.3) is 0 Å². The molecule has 0 spiro atoms. The van der Waals surface area contributed by atoms with E-state index in [0.717, 1.165) is 0 Å². The summed E-state index contributed by atoms with van der Waals surface area (Å²) < 4.78 is 5.19. The van der Waals surface area contributed by atoms with Crippen LogP contribution in [-0.2, 0) is 16.8 Å². The van der Waals surface area contributed by atoms with Gasteiger partial charge in [0.2, 0.25) is 5.89 Å². The molecule has 0 amide bonds. The highest BCUT2D eigenvalue weighted by Gasteiger charge is 2.43. The molecule has 0 aromatic carbocycles. The molecule has 0 aliphatic rings. The lowest BCUT2D eigenvalue weighted by Gasteiger charge is -2.38. The average molecular weight is 283 g/mol. The van der Waals surface area contributed by atoms with Gasteiger partial charge < -0.3 is 14.9 Å². The number of hydrogen-bond acceptors (Lipinski definition) is 5. The van der Waals surface area contributed by atoms with Crippen LogP contribution in [0.2, 0.25) is 0 Å². The van der Waals surface area contributed by atoms with E-state index in [4.69, 9.17) is 4.52 Å². The lowest BCUT2D eigenvalue weighted by atomic mass is 9.74. The summed E-state index contributed by atoms with van der Waals surface area (Å²) >= 11 is 0. The zero-order chi connectivity index (χ0) is 15.8. The van der Waals surface area contributed by atoms with Crippen molar-refractivity contribution in [2.24, 2.45) is 5.41 Å².